The van der Waals surface area contributed by atoms with Gasteiger partial charge in [0.15, 0.2) is 0 Å². The minimum Gasteiger partial charge on any atom is -0.465 e. The van der Waals surface area contributed by atoms with Gasteiger partial charge in [0.2, 0.25) is 0 Å². The number of benzene rings is 2. The Morgan fingerprint density at radius 1 is 1.18 bits per heavy atom. The van der Waals surface area contributed by atoms with E-state index in [1.807, 2.05) is 11.8 Å². The van der Waals surface area contributed by atoms with Crippen LogP contribution < -0.4 is 10.6 Å². The number of nitrogens with zero attached hydrogens (tertiary/aromatic N) is 4. The van der Waals surface area contributed by atoms with Crippen LogP contribution in [0.1, 0.15) is 13.3 Å². The van der Waals surface area contributed by atoms with E-state index in [0.717, 1.165) is 11.0 Å². The molecule has 0 bridgehead atoms. The van der Waals surface area contributed by atoms with Crippen LogP contribution in [0.25, 0.3) is 10.9 Å². The molecule has 3 heterocycles. The fraction of sp³-hybridized carbons (Fsp3) is 0.348. The van der Waals surface area contributed by atoms with E-state index in [1.165, 1.54) is 17.0 Å². The van der Waals surface area contributed by atoms with Crippen LogP contribution in [0.2, 0.25) is 5.02 Å². The smallest absolute Gasteiger partial charge is 0.407 e. The molecule has 11 heteroatoms. The molecule has 1 saturated heterocycles. The molecule has 5 rings (SSSR count). The summed E-state index contributed by atoms with van der Waals surface area (Å²) in [5.74, 6) is -0.172. The molecule has 2 aromatic carbocycles. The van der Waals surface area contributed by atoms with Gasteiger partial charge >= 0.3 is 11.8 Å². The van der Waals surface area contributed by atoms with E-state index in [-0.39, 0.29) is 19.1 Å². The average molecular weight is 509 g/mol. The maximum atomic E-state index is 14.8. The molecule has 0 spiro atoms. The maximum Gasteiger partial charge on any atom is 0.407 e. The number of carbonyl (C=O) groups is 1. The van der Waals surface area contributed by atoms with Crippen molar-refractivity contribution in [3.63, 3.8) is 0 Å². The first-order valence-corrected chi connectivity index (χ1v) is 12.9. The highest BCUT2D eigenvalue weighted by atomic mass is 35.5. The van der Waals surface area contributed by atoms with Crippen LogP contribution in [0, 0.1) is 11.6 Å². The molecule has 34 heavy (non-hydrogen) atoms. The largest absolute Gasteiger partial charge is 0.465 e. The van der Waals surface area contributed by atoms with Gasteiger partial charge in [-0.1, -0.05) is 11.6 Å². The predicted molar refractivity (Wildman–Crippen MR) is 129 cm³/mol. The lowest BCUT2D eigenvalue weighted by atomic mass is 10.1. The number of carboxylic acid groups (broad SMARTS) is 1. The van der Waals surface area contributed by atoms with Crippen LogP contribution in [-0.2, 0) is 6.54 Å². The van der Waals surface area contributed by atoms with Crippen molar-refractivity contribution in [1.82, 2.24) is 14.5 Å². The van der Waals surface area contributed by atoms with Crippen molar-refractivity contribution >= 4 is 45.3 Å². The average Bonchev–Trinajstić information content (AvgIpc) is 2.96. The lowest BCUT2D eigenvalue weighted by molar-refractivity contribution is 0.136. The van der Waals surface area contributed by atoms with Gasteiger partial charge < -0.3 is 14.9 Å². The first-order valence-electron chi connectivity index (χ1n) is 11.0. The van der Waals surface area contributed by atoms with E-state index >= 15 is 0 Å². The lowest BCUT2D eigenvalue weighted by Gasteiger charge is -2.39. The minimum absolute atomic E-state index is 0.209. The predicted octanol–water partition coefficient (Wildman–Crippen LogP) is 4.34. The van der Waals surface area contributed by atoms with Crippen LogP contribution in [0.15, 0.2) is 44.9 Å². The second-order valence-electron chi connectivity index (χ2n) is 8.56. The monoisotopic (exact) mass is 508 g/mol. The summed E-state index contributed by atoms with van der Waals surface area (Å²) >= 11 is 6.54. The Hall–Kier alpha value is -2.85. The van der Waals surface area contributed by atoms with Gasteiger partial charge in [0.1, 0.15) is 17.5 Å². The van der Waals surface area contributed by atoms with Gasteiger partial charge in [0.25, 0.3) is 0 Å². The van der Waals surface area contributed by atoms with Crippen molar-refractivity contribution in [2.75, 3.05) is 30.3 Å². The summed E-state index contributed by atoms with van der Waals surface area (Å²) in [6.07, 6.45) is -0.346. The summed E-state index contributed by atoms with van der Waals surface area (Å²) in [6.45, 7) is 3.26. The molecular formula is C23H23ClF2N4O3S. The molecule has 2 atom stereocenters. The van der Waals surface area contributed by atoms with E-state index in [1.54, 1.807) is 16.7 Å². The number of anilines is 1. The summed E-state index contributed by atoms with van der Waals surface area (Å²) in [4.78, 5) is 33.4. The zero-order valence-electron chi connectivity index (χ0n) is 18.3. The summed E-state index contributed by atoms with van der Waals surface area (Å²) < 4.78 is 30.0. The van der Waals surface area contributed by atoms with Gasteiger partial charge in [-0.3, -0.25) is 4.57 Å². The van der Waals surface area contributed by atoms with E-state index < -0.39 is 34.3 Å². The molecule has 1 aromatic heterocycles. The molecule has 2 aliphatic heterocycles. The van der Waals surface area contributed by atoms with E-state index in [9.17, 15) is 23.5 Å². The zero-order chi connectivity index (χ0) is 24.1. The van der Waals surface area contributed by atoms with Crippen LogP contribution >= 0.6 is 22.5 Å². The fourth-order valence-corrected chi connectivity index (χ4v) is 7.74. The van der Waals surface area contributed by atoms with Gasteiger partial charge in [0, 0.05) is 58.5 Å². The second-order valence-corrected chi connectivity index (χ2v) is 11.3. The standard InChI is InChI=1S/C23H23ClF2N4O3S/c1-13-12-28(23(32)33)6-7-29(13)21-16-9-14(24)10-19-20(16)30(22(31)27-21)5-2-8-34(19)18-4-3-15(25)11-17(18)26/h3-4,9-11,13,34H,2,5-8,12H2,1H3,(H,32,33). The van der Waals surface area contributed by atoms with Crippen LogP contribution in [0.3, 0.4) is 0 Å². The number of halogens is 3. The first kappa shape index (κ1) is 22.9. The first-order chi connectivity index (χ1) is 16.2. The van der Waals surface area contributed by atoms with E-state index in [4.69, 9.17) is 11.6 Å². The number of amides is 1. The van der Waals surface area contributed by atoms with Crippen molar-refractivity contribution in [2.24, 2.45) is 0 Å². The van der Waals surface area contributed by atoms with Crippen molar-refractivity contribution in [3.05, 3.63) is 57.5 Å². The quantitative estimate of drug-likeness (QED) is 0.503. The summed E-state index contributed by atoms with van der Waals surface area (Å²) in [7, 11) is -1.24. The third kappa shape index (κ3) is 3.88. The summed E-state index contributed by atoms with van der Waals surface area (Å²) in [5.41, 5.74) is 0.259. The molecule has 180 valence electrons. The van der Waals surface area contributed by atoms with E-state index in [2.05, 4.69) is 4.98 Å². The Kier molecular flexibility index (Phi) is 5.89. The number of aryl methyl sites for hydroxylation is 1. The second kappa shape index (κ2) is 8.74. The third-order valence-electron chi connectivity index (χ3n) is 6.42. The van der Waals surface area contributed by atoms with E-state index in [0.29, 0.717) is 51.9 Å². The van der Waals surface area contributed by atoms with Crippen LogP contribution in [0.4, 0.5) is 19.4 Å². The highest BCUT2D eigenvalue weighted by Gasteiger charge is 2.31. The van der Waals surface area contributed by atoms with Crippen molar-refractivity contribution in [1.29, 1.82) is 0 Å². The Balaban J connectivity index is 1.71. The molecule has 1 amide bonds. The molecule has 7 nitrogen and oxygen atoms in total. The highest BCUT2D eigenvalue weighted by molar-refractivity contribution is 8.17. The van der Waals surface area contributed by atoms with Gasteiger partial charge in [-0.2, -0.15) is 15.9 Å². The fourth-order valence-electron chi connectivity index (χ4n) is 4.88. The molecule has 0 aliphatic carbocycles. The van der Waals surface area contributed by atoms with Gasteiger partial charge in [-0.05, 0) is 43.4 Å². The van der Waals surface area contributed by atoms with Crippen LogP contribution in [-0.4, -0.2) is 57.1 Å². The topological polar surface area (TPSA) is 78.7 Å². The van der Waals surface area contributed by atoms with Gasteiger partial charge in [-0.15, -0.1) is 0 Å². The number of piperazine rings is 1. The van der Waals surface area contributed by atoms with Gasteiger partial charge in [0.05, 0.1) is 5.52 Å². The molecule has 2 unspecified atom stereocenters. The molecular weight excluding hydrogens is 486 g/mol. The zero-order valence-corrected chi connectivity index (χ0v) is 20.0. The lowest BCUT2D eigenvalue weighted by Crippen LogP contribution is -2.54. The molecule has 0 saturated carbocycles. The third-order valence-corrected chi connectivity index (χ3v) is 9.27. The summed E-state index contributed by atoms with van der Waals surface area (Å²) in [5, 5.41) is 10.5. The minimum atomic E-state index is -1.24. The number of hydrogen-bond acceptors (Lipinski definition) is 4. The Morgan fingerprint density at radius 3 is 2.68 bits per heavy atom. The molecule has 0 radical (unpaired) electrons. The highest BCUT2D eigenvalue weighted by Crippen LogP contribution is 2.51. The molecule has 1 N–H and O–H groups in total. The number of aromatic nitrogens is 2. The maximum absolute atomic E-state index is 14.8. The number of rotatable bonds is 2. The van der Waals surface area contributed by atoms with Crippen LogP contribution in [0.5, 0.6) is 0 Å². The number of hydrogen-bond donors (Lipinski definition) is 2. The molecule has 1 fully saturated rings. The Bertz CT molecular complexity index is 1370. The summed E-state index contributed by atoms with van der Waals surface area (Å²) in [6, 6.07) is 6.94. The molecule has 3 aromatic rings. The van der Waals surface area contributed by atoms with Crippen molar-refractivity contribution in [3.8, 4) is 0 Å². The van der Waals surface area contributed by atoms with Crippen molar-refractivity contribution < 1.29 is 18.7 Å². The normalized spacial score (nSPS) is 21.5. The molecule has 2 aliphatic rings. The Morgan fingerprint density at radius 2 is 1.97 bits per heavy atom. The van der Waals surface area contributed by atoms with Crippen molar-refractivity contribution in [2.45, 2.75) is 35.7 Å². The van der Waals surface area contributed by atoms with Gasteiger partial charge in [-0.25, -0.2) is 18.4 Å². The number of thiol groups is 1. The Labute approximate surface area is 201 Å². The SMILES string of the molecule is CC1CN(C(=O)O)CCN1c1nc(=O)n2c3c(cc(Cl)cc13)[SH](c1ccc(F)cc1F)CCC2.